The van der Waals surface area contributed by atoms with Gasteiger partial charge in [-0.1, -0.05) is 29.3 Å². The molecule has 0 N–H and O–H groups in total. The normalized spacial score (nSPS) is 11.5. The molecule has 0 radical (unpaired) electrons. The third-order valence-corrected chi connectivity index (χ3v) is 6.52. The van der Waals surface area contributed by atoms with Crippen LogP contribution in [-0.4, -0.2) is 32.0 Å². The summed E-state index contributed by atoms with van der Waals surface area (Å²) >= 11 is 11.9. The molecule has 0 saturated carbocycles. The van der Waals surface area contributed by atoms with E-state index < -0.39 is 27.1 Å². The Bertz CT molecular complexity index is 1210. The maximum absolute atomic E-state index is 12.6. The molecule has 9 heteroatoms. The Hall–Kier alpha value is -2.35. The number of rotatable bonds is 8. The van der Waals surface area contributed by atoms with E-state index in [1.165, 1.54) is 0 Å². The van der Waals surface area contributed by atoms with E-state index in [2.05, 4.69) is 4.98 Å². The molecule has 0 atom stereocenters. The van der Waals surface area contributed by atoms with Gasteiger partial charge in [0.2, 0.25) is 5.89 Å². The van der Waals surface area contributed by atoms with Crippen molar-refractivity contribution in [3.63, 3.8) is 0 Å². The van der Waals surface area contributed by atoms with Gasteiger partial charge in [-0.15, -0.1) is 0 Å². The van der Waals surface area contributed by atoms with E-state index in [1.54, 1.807) is 38.3 Å². The summed E-state index contributed by atoms with van der Waals surface area (Å²) in [5, 5.41) is 0.772. The molecule has 3 aromatic rings. The second-order valence-corrected chi connectivity index (χ2v) is 10.2. The van der Waals surface area contributed by atoms with Gasteiger partial charge in [-0.2, -0.15) is 0 Å². The van der Waals surface area contributed by atoms with Crippen LogP contribution in [0.2, 0.25) is 10.0 Å². The van der Waals surface area contributed by atoms with Gasteiger partial charge >= 0.3 is 0 Å². The maximum atomic E-state index is 12.6. The fraction of sp³-hybridized carbons (Fsp3) is 0.273. The molecule has 0 unspecified atom stereocenters. The highest BCUT2D eigenvalue weighted by Gasteiger charge is 2.22. The molecule has 31 heavy (non-hydrogen) atoms. The minimum Gasteiger partial charge on any atom is -0.496 e. The van der Waals surface area contributed by atoms with E-state index in [-0.39, 0.29) is 12.1 Å². The highest BCUT2D eigenvalue weighted by atomic mass is 35.5. The van der Waals surface area contributed by atoms with Crippen molar-refractivity contribution in [1.82, 2.24) is 4.98 Å². The Morgan fingerprint density at radius 1 is 1.10 bits per heavy atom. The van der Waals surface area contributed by atoms with Gasteiger partial charge in [-0.05, 0) is 55.3 Å². The molecule has 0 bridgehead atoms. The van der Waals surface area contributed by atoms with Crippen molar-refractivity contribution in [2.45, 2.75) is 26.0 Å². The number of nitrogens with zero attached hydrogens (tertiary/aromatic N) is 1. The van der Waals surface area contributed by atoms with E-state index in [1.807, 2.05) is 19.1 Å². The lowest BCUT2D eigenvalue weighted by Gasteiger charge is -2.05. The minimum absolute atomic E-state index is 0.0777. The number of oxazole rings is 1. The van der Waals surface area contributed by atoms with Crippen molar-refractivity contribution in [3.8, 4) is 17.2 Å². The summed E-state index contributed by atoms with van der Waals surface area (Å²) in [4.78, 5) is 16.7. The predicted octanol–water partition coefficient (Wildman–Crippen LogP) is 5.00. The number of carbonyl (C=O) groups excluding carboxylic acids is 1. The number of hydrogen-bond acceptors (Lipinski definition) is 6. The molecule has 0 saturated heterocycles. The summed E-state index contributed by atoms with van der Waals surface area (Å²) < 4.78 is 36.2. The number of methoxy groups -OCH3 is 1. The van der Waals surface area contributed by atoms with E-state index in [9.17, 15) is 13.2 Å². The highest BCUT2D eigenvalue weighted by Crippen LogP contribution is 2.28. The predicted molar refractivity (Wildman–Crippen MR) is 121 cm³/mol. The molecule has 0 spiro atoms. The molecule has 3 rings (SSSR count). The maximum Gasteiger partial charge on any atom is 0.226 e. The van der Waals surface area contributed by atoms with Gasteiger partial charge in [0.05, 0.1) is 18.6 Å². The summed E-state index contributed by atoms with van der Waals surface area (Å²) in [6.07, 6.45) is -0.0777. The first kappa shape index (κ1) is 23.3. The molecule has 2 aromatic carbocycles. The Morgan fingerprint density at radius 2 is 1.77 bits per heavy atom. The number of ketones is 1. The topological polar surface area (TPSA) is 86.5 Å². The monoisotopic (exact) mass is 481 g/mol. The van der Waals surface area contributed by atoms with E-state index >= 15 is 0 Å². The Labute approximate surface area is 191 Å². The summed E-state index contributed by atoms with van der Waals surface area (Å²) in [5.74, 6) is -0.116. The lowest BCUT2D eigenvalue weighted by Crippen LogP contribution is -2.20. The number of aryl methyl sites for hydroxylation is 2. The smallest absolute Gasteiger partial charge is 0.226 e. The van der Waals surface area contributed by atoms with E-state index in [4.69, 9.17) is 32.4 Å². The van der Waals surface area contributed by atoms with Crippen molar-refractivity contribution >= 4 is 38.8 Å². The van der Waals surface area contributed by atoms with Crippen molar-refractivity contribution in [2.24, 2.45) is 0 Å². The van der Waals surface area contributed by atoms with Crippen molar-refractivity contribution in [3.05, 3.63) is 69.0 Å². The van der Waals surface area contributed by atoms with Crippen molar-refractivity contribution in [1.29, 1.82) is 0 Å². The summed E-state index contributed by atoms with van der Waals surface area (Å²) in [6, 6.07) is 10.2. The van der Waals surface area contributed by atoms with Crippen molar-refractivity contribution < 1.29 is 22.4 Å². The molecule has 0 aliphatic carbocycles. The number of aromatic nitrogens is 1. The van der Waals surface area contributed by atoms with Crippen LogP contribution in [0.3, 0.4) is 0 Å². The third kappa shape index (κ3) is 6.09. The molecule has 0 fully saturated rings. The van der Waals surface area contributed by atoms with Crippen LogP contribution in [0.15, 0.2) is 40.8 Å². The fourth-order valence-electron chi connectivity index (χ4n) is 3.13. The number of ether oxygens (including phenoxy) is 1. The lowest BCUT2D eigenvalue weighted by molar-refractivity contribution is -0.116. The van der Waals surface area contributed by atoms with Crippen LogP contribution in [0.1, 0.15) is 22.6 Å². The van der Waals surface area contributed by atoms with Gasteiger partial charge in [0.25, 0.3) is 0 Å². The summed E-state index contributed by atoms with van der Waals surface area (Å²) in [6.45, 7) is 3.55. The van der Waals surface area contributed by atoms with Gasteiger partial charge in [-0.25, -0.2) is 13.4 Å². The molecular weight excluding hydrogens is 461 g/mol. The van der Waals surface area contributed by atoms with Crippen LogP contribution in [0, 0.1) is 13.8 Å². The van der Waals surface area contributed by atoms with Gasteiger partial charge in [0.1, 0.15) is 17.3 Å². The second-order valence-electron chi connectivity index (χ2n) is 7.23. The van der Waals surface area contributed by atoms with Crippen LogP contribution in [0.4, 0.5) is 0 Å². The average molecular weight is 482 g/mol. The second kappa shape index (κ2) is 9.42. The van der Waals surface area contributed by atoms with Crippen LogP contribution >= 0.6 is 23.2 Å². The number of halogens is 2. The van der Waals surface area contributed by atoms with E-state index in [0.29, 0.717) is 38.6 Å². The summed E-state index contributed by atoms with van der Waals surface area (Å²) in [7, 11) is -2.18. The molecule has 1 heterocycles. The summed E-state index contributed by atoms with van der Waals surface area (Å²) in [5.41, 5.74) is 2.46. The first-order chi connectivity index (χ1) is 14.6. The van der Waals surface area contributed by atoms with Crippen LogP contribution in [0.25, 0.3) is 11.5 Å². The van der Waals surface area contributed by atoms with Gasteiger partial charge in [0.15, 0.2) is 15.6 Å². The standard InChI is InChI=1S/C22H21Cl2NO5S/c1-13-4-5-16(9-21(13)29-3)22-25-20(14(2)30-22)12-31(27,28)11-19(26)8-15-6-17(23)10-18(24)7-15/h4-7,9-10H,8,11-12H2,1-3H3. The highest BCUT2D eigenvalue weighted by molar-refractivity contribution is 7.91. The van der Waals surface area contributed by atoms with E-state index in [0.717, 1.165) is 5.56 Å². The van der Waals surface area contributed by atoms with Gasteiger partial charge in [0, 0.05) is 22.0 Å². The third-order valence-electron chi connectivity index (χ3n) is 4.61. The lowest BCUT2D eigenvalue weighted by atomic mass is 10.1. The Kier molecular flexibility index (Phi) is 7.09. The SMILES string of the molecule is COc1cc(-c2nc(CS(=O)(=O)CC(=O)Cc3cc(Cl)cc(Cl)c3)c(C)o2)ccc1C. The quantitative estimate of drug-likeness (QED) is 0.449. The largest absolute Gasteiger partial charge is 0.496 e. The van der Waals surface area contributed by atoms with Crippen LogP contribution in [0.5, 0.6) is 5.75 Å². The molecule has 0 aliphatic rings. The van der Waals surface area contributed by atoms with Gasteiger partial charge in [-0.3, -0.25) is 4.79 Å². The van der Waals surface area contributed by atoms with Gasteiger partial charge < -0.3 is 9.15 Å². The zero-order valence-corrected chi connectivity index (χ0v) is 19.6. The molecule has 0 aliphatic heterocycles. The number of sulfone groups is 1. The number of benzene rings is 2. The first-order valence-corrected chi connectivity index (χ1v) is 11.9. The zero-order valence-electron chi connectivity index (χ0n) is 17.2. The molecule has 0 amide bonds. The fourth-order valence-corrected chi connectivity index (χ4v) is 5.09. The average Bonchev–Trinajstić information content (AvgIpc) is 3.00. The number of hydrogen-bond donors (Lipinski definition) is 0. The Morgan fingerprint density at radius 3 is 2.42 bits per heavy atom. The first-order valence-electron chi connectivity index (χ1n) is 9.34. The zero-order chi connectivity index (χ0) is 22.8. The molecule has 164 valence electrons. The number of Topliss-reactive ketones (excluding diaryl/α,β-unsaturated/α-hetero) is 1. The molecular formula is C22H21Cl2NO5S. The van der Waals surface area contributed by atoms with Crippen LogP contribution in [-0.2, 0) is 26.8 Å². The van der Waals surface area contributed by atoms with Crippen molar-refractivity contribution in [2.75, 3.05) is 12.9 Å². The Balaban J connectivity index is 1.73. The molecule has 6 nitrogen and oxygen atoms in total. The van der Waals surface area contributed by atoms with Crippen LogP contribution < -0.4 is 4.74 Å². The molecule has 1 aromatic heterocycles. The number of carbonyl (C=O) groups is 1. The minimum atomic E-state index is -3.75.